The molecule has 2 atom stereocenters. The molecular weight excluding hydrogens is 305 g/mol. The van der Waals surface area contributed by atoms with Gasteiger partial charge >= 0.3 is 0 Å². The molecule has 1 aromatic carbocycles. The molecule has 2 unspecified atom stereocenters. The molecule has 0 aliphatic carbocycles. The lowest BCUT2D eigenvalue weighted by atomic mass is 10.2. The molecule has 0 amide bonds. The van der Waals surface area contributed by atoms with Gasteiger partial charge in [-0.2, -0.15) is 5.11 Å². The van der Waals surface area contributed by atoms with Gasteiger partial charge in [-0.25, -0.2) is 0 Å². The Hall–Kier alpha value is -0.910. The van der Waals surface area contributed by atoms with Crippen LogP contribution in [0.2, 0.25) is 10.0 Å². The molecule has 0 fully saturated rings. The van der Waals surface area contributed by atoms with Crippen LogP contribution in [0.1, 0.15) is 13.8 Å². The van der Waals surface area contributed by atoms with Crippen molar-refractivity contribution < 1.29 is 4.74 Å². The number of hydrogen-bond donors (Lipinski definition) is 0. The minimum atomic E-state index is -0.220. The molecule has 7 heteroatoms. The minimum Gasteiger partial charge on any atom is -0.485 e. The van der Waals surface area contributed by atoms with E-state index in [-0.39, 0.29) is 12.3 Å². The van der Waals surface area contributed by atoms with E-state index in [1.807, 2.05) is 18.7 Å². The largest absolute Gasteiger partial charge is 0.485 e. The zero-order valence-electron chi connectivity index (χ0n) is 10.5. The Labute approximate surface area is 127 Å². The molecule has 0 bridgehead atoms. The van der Waals surface area contributed by atoms with Crippen molar-refractivity contribution >= 4 is 40.5 Å². The van der Waals surface area contributed by atoms with E-state index in [2.05, 4.69) is 10.2 Å². The lowest BCUT2D eigenvalue weighted by Gasteiger charge is -2.27. The zero-order chi connectivity index (χ0) is 14.0. The first-order valence-electron chi connectivity index (χ1n) is 5.86. The van der Waals surface area contributed by atoms with Gasteiger partial charge in [0.25, 0.3) is 0 Å². The number of benzene rings is 1. The van der Waals surface area contributed by atoms with Crippen LogP contribution < -0.4 is 4.74 Å². The Kier molecular flexibility index (Phi) is 4.60. The number of ether oxygens (including phenoxy) is 1. The second-order valence-corrected chi connectivity index (χ2v) is 5.30. The van der Waals surface area contributed by atoms with E-state index in [0.717, 1.165) is 6.54 Å². The molecule has 4 nitrogen and oxygen atoms in total. The zero-order valence-corrected chi connectivity index (χ0v) is 12.8. The molecule has 0 saturated heterocycles. The van der Waals surface area contributed by atoms with E-state index in [0.29, 0.717) is 20.9 Å². The average Bonchev–Trinajstić information content (AvgIpc) is 2.74. The predicted molar refractivity (Wildman–Crippen MR) is 80.2 cm³/mol. The summed E-state index contributed by atoms with van der Waals surface area (Å²) in [5.74, 6) is 0.572. The fraction of sp³-hybridized carbons (Fsp3) is 0.417. The first kappa shape index (κ1) is 14.5. The maximum absolute atomic E-state index is 6.08. The molecule has 0 spiro atoms. The van der Waals surface area contributed by atoms with E-state index in [4.69, 9.17) is 40.2 Å². The van der Waals surface area contributed by atoms with Crippen LogP contribution in [0.15, 0.2) is 28.4 Å². The molecular formula is C12H13Cl2N3OS. The Bertz CT molecular complexity index is 524. The van der Waals surface area contributed by atoms with Crippen LogP contribution in [0.3, 0.4) is 0 Å². The highest BCUT2D eigenvalue weighted by Gasteiger charge is 2.31. The lowest BCUT2D eigenvalue weighted by molar-refractivity contribution is 0.133. The summed E-state index contributed by atoms with van der Waals surface area (Å²) in [4.78, 5) is 1.91. The van der Waals surface area contributed by atoms with Crippen molar-refractivity contribution in [3.63, 3.8) is 0 Å². The molecule has 1 aliphatic rings. The van der Waals surface area contributed by atoms with E-state index in [1.54, 1.807) is 18.2 Å². The summed E-state index contributed by atoms with van der Waals surface area (Å²) in [6.45, 7) is 4.64. The molecule has 0 aromatic heterocycles. The normalized spacial score (nSPS) is 19.9. The number of thiocarbonyl (C=S) groups is 1. The SMILES string of the molecule is CCN1C(=S)N=NC1C(C)Oc1ccc(Cl)cc1Cl. The van der Waals surface area contributed by atoms with Crippen LogP contribution in [0, 0.1) is 0 Å². The quantitative estimate of drug-likeness (QED) is 0.782. The Morgan fingerprint density at radius 3 is 2.84 bits per heavy atom. The van der Waals surface area contributed by atoms with Gasteiger partial charge < -0.3 is 9.64 Å². The fourth-order valence-electron chi connectivity index (χ4n) is 1.84. The van der Waals surface area contributed by atoms with Crippen molar-refractivity contribution in [1.29, 1.82) is 0 Å². The molecule has 1 aliphatic heterocycles. The monoisotopic (exact) mass is 317 g/mol. The maximum atomic E-state index is 6.08. The van der Waals surface area contributed by atoms with Gasteiger partial charge in [-0.3, -0.25) is 0 Å². The summed E-state index contributed by atoms with van der Waals surface area (Å²) in [6, 6.07) is 5.11. The highest BCUT2D eigenvalue weighted by Crippen LogP contribution is 2.30. The number of hydrogen-bond acceptors (Lipinski definition) is 3. The van der Waals surface area contributed by atoms with Crippen LogP contribution in [0.25, 0.3) is 0 Å². The number of azo groups is 1. The fourth-order valence-corrected chi connectivity index (χ4v) is 2.58. The number of halogens is 2. The number of nitrogens with zero attached hydrogens (tertiary/aromatic N) is 3. The molecule has 0 saturated carbocycles. The summed E-state index contributed by atoms with van der Waals surface area (Å²) >= 11 is 17.0. The summed E-state index contributed by atoms with van der Waals surface area (Å²) < 4.78 is 5.82. The van der Waals surface area contributed by atoms with Crippen molar-refractivity contribution in [3.05, 3.63) is 28.2 Å². The number of rotatable bonds is 4. The van der Waals surface area contributed by atoms with Crippen LogP contribution >= 0.6 is 35.4 Å². The summed E-state index contributed by atoms with van der Waals surface area (Å²) in [7, 11) is 0. The lowest BCUT2D eigenvalue weighted by Crippen LogP contribution is -2.42. The minimum absolute atomic E-state index is 0.218. The third kappa shape index (κ3) is 3.16. The van der Waals surface area contributed by atoms with E-state index in [1.165, 1.54) is 0 Å². The molecule has 19 heavy (non-hydrogen) atoms. The van der Waals surface area contributed by atoms with Gasteiger partial charge in [-0.1, -0.05) is 23.2 Å². The van der Waals surface area contributed by atoms with Crippen molar-refractivity contribution in [2.45, 2.75) is 26.1 Å². The van der Waals surface area contributed by atoms with Crippen molar-refractivity contribution in [2.24, 2.45) is 10.2 Å². The second-order valence-electron chi connectivity index (χ2n) is 4.10. The Morgan fingerprint density at radius 2 is 2.21 bits per heavy atom. The predicted octanol–water partition coefficient (Wildman–Crippen LogP) is 4.16. The van der Waals surface area contributed by atoms with Crippen LogP contribution in [-0.2, 0) is 0 Å². The van der Waals surface area contributed by atoms with Crippen molar-refractivity contribution in [2.75, 3.05) is 6.54 Å². The first-order valence-corrected chi connectivity index (χ1v) is 7.02. The van der Waals surface area contributed by atoms with E-state index >= 15 is 0 Å². The topological polar surface area (TPSA) is 37.2 Å². The average molecular weight is 318 g/mol. The molecule has 1 aromatic rings. The van der Waals surface area contributed by atoms with Gasteiger partial charge in [-0.15, -0.1) is 5.11 Å². The van der Waals surface area contributed by atoms with Gasteiger partial charge in [0.2, 0.25) is 5.11 Å². The van der Waals surface area contributed by atoms with Gasteiger partial charge in [0.1, 0.15) is 11.9 Å². The van der Waals surface area contributed by atoms with E-state index < -0.39 is 0 Å². The highest BCUT2D eigenvalue weighted by atomic mass is 35.5. The summed E-state index contributed by atoms with van der Waals surface area (Å²) in [5.41, 5.74) is 0. The third-order valence-electron chi connectivity index (χ3n) is 2.79. The Morgan fingerprint density at radius 1 is 1.47 bits per heavy atom. The highest BCUT2D eigenvalue weighted by molar-refractivity contribution is 7.80. The van der Waals surface area contributed by atoms with Crippen LogP contribution in [-0.4, -0.2) is 28.8 Å². The third-order valence-corrected chi connectivity index (χ3v) is 3.64. The number of likely N-dealkylation sites (N-methyl/N-ethyl adjacent to an activating group) is 1. The molecule has 0 radical (unpaired) electrons. The molecule has 0 N–H and O–H groups in total. The van der Waals surface area contributed by atoms with Crippen LogP contribution in [0.4, 0.5) is 0 Å². The molecule has 102 valence electrons. The maximum Gasteiger partial charge on any atom is 0.217 e. The van der Waals surface area contributed by atoms with Crippen molar-refractivity contribution in [3.8, 4) is 5.75 Å². The van der Waals surface area contributed by atoms with Crippen molar-refractivity contribution in [1.82, 2.24) is 4.90 Å². The van der Waals surface area contributed by atoms with E-state index in [9.17, 15) is 0 Å². The van der Waals surface area contributed by atoms with Gasteiger partial charge in [0.15, 0.2) is 6.17 Å². The van der Waals surface area contributed by atoms with Gasteiger partial charge in [0, 0.05) is 11.6 Å². The van der Waals surface area contributed by atoms with Crippen LogP contribution in [0.5, 0.6) is 5.75 Å². The smallest absolute Gasteiger partial charge is 0.217 e. The van der Waals surface area contributed by atoms with Gasteiger partial charge in [-0.05, 0) is 44.3 Å². The van der Waals surface area contributed by atoms with Gasteiger partial charge in [0.05, 0.1) is 5.02 Å². The first-order chi connectivity index (χ1) is 9.02. The molecule has 1 heterocycles. The summed E-state index contributed by atoms with van der Waals surface area (Å²) in [6.07, 6.45) is -0.438. The standard InChI is InChI=1S/C12H13Cl2N3OS/c1-3-17-11(15-16-12(17)19)7(2)18-10-5-4-8(13)6-9(10)14/h4-7,11H,3H2,1-2H3. The summed E-state index contributed by atoms with van der Waals surface area (Å²) in [5, 5.41) is 9.58. The second kappa shape index (κ2) is 6.03. The Balaban J connectivity index is 2.11. The molecule has 2 rings (SSSR count).